The molecule has 2 N–H and O–H groups in total. The molecule has 1 unspecified atom stereocenters. The Morgan fingerprint density at radius 3 is 2.61 bits per heavy atom. The lowest BCUT2D eigenvalue weighted by molar-refractivity contribution is -0.0512. The summed E-state index contributed by atoms with van der Waals surface area (Å²) in [6.45, 7) is -0.878. The van der Waals surface area contributed by atoms with E-state index < -0.39 is 6.61 Å². The van der Waals surface area contributed by atoms with Gasteiger partial charge in [0.2, 0.25) is 0 Å². The quantitative estimate of drug-likeness (QED) is 0.380. The van der Waals surface area contributed by atoms with Gasteiger partial charge in [0.25, 0.3) is 5.91 Å². The lowest BCUT2D eigenvalue weighted by Crippen LogP contribution is -2.34. The number of halogens is 2. The summed E-state index contributed by atoms with van der Waals surface area (Å²) in [6, 6.07) is 15.2. The third-order valence-corrected chi connectivity index (χ3v) is 6.67. The van der Waals surface area contributed by atoms with Crippen molar-refractivity contribution in [3.05, 3.63) is 77.6 Å². The number of hydrogen-bond donors (Lipinski definition) is 2. The van der Waals surface area contributed by atoms with Gasteiger partial charge in [-0.15, -0.1) is 0 Å². The molecule has 1 atom stereocenters. The summed E-state index contributed by atoms with van der Waals surface area (Å²) in [5.41, 5.74) is 3.00. The van der Waals surface area contributed by atoms with Gasteiger partial charge in [0, 0.05) is 17.4 Å². The molecule has 2 heterocycles. The number of anilines is 1. The minimum atomic E-state index is -3.01. The molecule has 0 saturated heterocycles. The molecule has 2 amide bonds. The van der Waals surface area contributed by atoms with Crippen molar-refractivity contribution in [2.75, 3.05) is 12.4 Å². The second kappa shape index (κ2) is 11.3. The summed E-state index contributed by atoms with van der Waals surface area (Å²) in [7, 11) is 1.37. The zero-order valence-corrected chi connectivity index (χ0v) is 20.4. The monoisotopic (exact) mass is 514 g/mol. The Morgan fingerprint density at radius 2 is 1.97 bits per heavy atom. The van der Waals surface area contributed by atoms with E-state index in [9.17, 15) is 18.4 Å². The van der Waals surface area contributed by atoms with Gasteiger partial charge in [0.1, 0.15) is 5.69 Å². The number of aromatic amines is 1. The summed E-state index contributed by atoms with van der Waals surface area (Å²) in [5.74, 6) is -0.189. The highest BCUT2D eigenvalue weighted by atomic mass is 32.2. The maximum absolute atomic E-state index is 12.9. The normalized spacial score (nSPS) is 15.6. The fourth-order valence-corrected chi connectivity index (χ4v) is 4.59. The van der Waals surface area contributed by atoms with E-state index in [-0.39, 0.29) is 34.4 Å². The largest absolute Gasteiger partial charge is 0.493 e. The van der Waals surface area contributed by atoms with Crippen LogP contribution in [-0.2, 0) is 6.54 Å². The Kier molecular flexibility index (Phi) is 7.89. The van der Waals surface area contributed by atoms with Gasteiger partial charge in [-0.1, -0.05) is 30.8 Å². The number of rotatable bonds is 9. The van der Waals surface area contributed by atoms with Crippen LogP contribution in [0.25, 0.3) is 0 Å². The topological polar surface area (TPSA) is 96.0 Å². The molecule has 1 aromatic heterocycles. The molecule has 1 aliphatic rings. The second-order valence-electron chi connectivity index (χ2n) is 7.80. The molecule has 188 valence electrons. The van der Waals surface area contributed by atoms with E-state index in [1.54, 1.807) is 48.7 Å². The molecule has 36 heavy (non-hydrogen) atoms. The maximum atomic E-state index is 12.9. The van der Waals surface area contributed by atoms with Gasteiger partial charge < -0.3 is 19.8 Å². The number of thioether (sulfide) groups is 1. The van der Waals surface area contributed by atoms with Crippen LogP contribution in [0.3, 0.4) is 0 Å². The zero-order chi connectivity index (χ0) is 25.7. The number of carbonyl (C=O) groups is 2. The van der Waals surface area contributed by atoms with Crippen molar-refractivity contribution >= 4 is 34.3 Å². The van der Waals surface area contributed by atoms with Crippen LogP contribution >= 0.6 is 11.8 Å². The number of methoxy groups -OCH3 is 1. The fraction of sp³-hybridized carbons (Fsp3) is 0.240. The Hall–Kier alpha value is -3.86. The predicted octanol–water partition coefficient (Wildman–Crippen LogP) is 5.73. The smallest absolute Gasteiger partial charge is 0.387 e. The minimum Gasteiger partial charge on any atom is -0.493 e. The van der Waals surface area contributed by atoms with Gasteiger partial charge >= 0.3 is 11.9 Å². The summed E-state index contributed by atoms with van der Waals surface area (Å²) < 4.78 is 35.5. The van der Waals surface area contributed by atoms with Gasteiger partial charge in [0.05, 0.1) is 24.6 Å². The predicted molar refractivity (Wildman–Crippen MR) is 134 cm³/mol. The van der Waals surface area contributed by atoms with E-state index in [4.69, 9.17) is 4.74 Å². The molecule has 0 fully saturated rings. The third-order valence-electron chi connectivity index (χ3n) is 5.42. The van der Waals surface area contributed by atoms with Crippen LogP contribution in [0, 0.1) is 0 Å². The van der Waals surface area contributed by atoms with Crippen LogP contribution < -0.4 is 14.8 Å². The van der Waals surface area contributed by atoms with Crippen LogP contribution in [0.2, 0.25) is 0 Å². The van der Waals surface area contributed by atoms with Crippen LogP contribution in [0.1, 0.15) is 35.0 Å². The van der Waals surface area contributed by atoms with E-state index in [1.165, 1.54) is 24.3 Å². The molecule has 0 aliphatic carbocycles. The van der Waals surface area contributed by atoms with Crippen LogP contribution in [0.5, 0.6) is 11.5 Å². The lowest BCUT2D eigenvalue weighted by Gasteiger charge is -2.28. The van der Waals surface area contributed by atoms with E-state index in [1.807, 2.05) is 6.92 Å². The van der Waals surface area contributed by atoms with E-state index in [2.05, 4.69) is 20.1 Å². The second-order valence-corrected chi connectivity index (χ2v) is 8.96. The number of amides is 2. The summed E-state index contributed by atoms with van der Waals surface area (Å²) in [5, 5.41) is 8.26. The molecule has 1 aliphatic heterocycles. The van der Waals surface area contributed by atoms with E-state index in [0.29, 0.717) is 29.1 Å². The molecule has 3 aromatic rings. The number of carbonyl (C=O) groups excluding carboxylic acids is 2. The number of alkyl halides is 2. The number of benzene rings is 2. The summed E-state index contributed by atoms with van der Waals surface area (Å²) >= 11 is 1.13. The van der Waals surface area contributed by atoms with Gasteiger partial charge in [-0.25, -0.2) is 5.01 Å². The number of hydrogen-bond acceptors (Lipinski definition) is 6. The molecule has 0 spiro atoms. The highest BCUT2D eigenvalue weighted by Crippen LogP contribution is 2.34. The summed E-state index contributed by atoms with van der Waals surface area (Å²) in [4.78, 5) is 27.8. The van der Waals surface area contributed by atoms with Crippen LogP contribution in [0.15, 0.2) is 65.9 Å². The molecule has 4 rings (SSSR count). The fourth-order valence-electron chi connectivity index (χ4n) is 3.65. The highest BCUT2D eigenvalue weighted by Gasteiger charge is 2.31. The number of H-pyrrole nitrogens is 1. The first-order chi connectivity index (χ1) is 17.4. The van der Waals surface area contributed by atoms with Crippen molar-refractivity contribution in [1.29, 1.82) is 0 Å². The Morgan fingerprint density at radius 1 is 1.19 bits per heavy atom. The van der Waals surface area contributed by atoms with Gasteiger partial charge in [-0.3, -0.25) is 9.59 Å². The molecule has 2 aromatic carbocycles. The average Bonchev–Trinajstić information content (AvgIpc) is 3.41. The van der Waals surface area contributed by atoms with Crippen LogP contribution in [-0.4, -0.2) is 45.8 Å². The molecular formula is C25H24F2N4O4S. The Labute approximate surface area is 210 Å². The van der Waals surface area contributed by atoms with Gasteiger partial charge in [0.15, 0.2) is 11.5 Å². The highest BCUT2D eigenvalue weighted by molar-refractivity contribution is 8.14. The number of nitrogens with one attached hydrogen (secondary N) is 2. The number of aromatic nitrogens is 1. The lowest BCUT2D eigenvalue weighted by atomic mass is 10.0. The van der Waals surface area contributed by atoms with Crippen molar-refractivity contribution in [2.45, 2.75) is 31.8 Å². The average molecular weight is 515 g/mol. The first-order valence-electron chi connectivity index (χ1n) is 11.1. The zero-order valence-electron chi connectivity index (χ0n) is 19.5. The molecule has 0 saturated carbocycles. The standard InChI is InChI=1S/C25H24F2N4O4S/c1-3-21-22(16-8-11-19(34-2)20(13-16)35-24(26)27)30-31(25(33)36-21)14-15-6-9-17(10-7-15)29-23(32)18-5-4-12-28-18/h4-13,21,24,28H,3,14H2,1-2H3,(H,29,32). The number of nitrogens with zero attached hydrogens (tertiary/aromatic N) is 2. The van der Waals surface area contributed by atoms with Gasteiger partial charge in [-0.05, 0) is 54.4 Å². The summed E-state index contributed by atoms with van der Waals surface area (Å²) in [6.07, 6.45) is 2.29. The maximum Gasteiger partial charge on any atom is 0.387 e. The van der Waals surface area contributed by atoms with Crippen molar-refractivity contribution in [3.63, 3.8) is 0 Å². The van der Waals surface area contributed by atoms with Crippen molar-refractivity contribution < 1.29 is 27.8 Å². The van der Waals surface area contributed by atoms with Crippen molar-refractivity contribution in [1.82, 2.24) is 9.99 Å². The van der Waals surface area contributed by atoms with Gasteiger partial charge in [-0.2, -0.15) is 13.9 Å². The minimum absolute atomic E-state index is 0.104. The Bertz CT molecular complexity index is 1250. The molecular weight excluding hydrogens is 490 g/mol. The van der Waals surface area contributed by atoms with Crippen LogP contribution in [0.4, 0.5) is 19.3 Å². The van der Waals surface area contributed by atoms with E-state index >= 15 is 0 Å². The molecule has 8 nitrogen and oxygen atoms in total. The van der Waals surface area contributed by atoms with Crippen molar-refractivity contribution in [2.24, 2.45) is 5.10 Å². The number of ether oxygens (including phenoxy) is 2. The van der Waals surface area contributed by atoms with Crippen molar-refractivity contribution in [3.8, 4) is 11.5 Å². The third kappa shape index (κ3) is 5.85. The Balaban J connectivity index is 1.54. The van der Waals surface area contributed by atoms with E-state index in [0.717, 1.165) is 17.3 Å². The molecule has 11 heteroatoms. The first-order valence-corrected chi connectivity index (χ1v) is 12.0. The SMILES string of the molecule is CCC1SC(=O)N(Cc2ccc(NC(=O)c3ccc[nH]3)cc2)N=C1c1ccc(OC)c(OC(F)F)c1. The molecule has 0 bridgehead atoms. The number of hydrazone groups is 1. The molecule has 0 radical (unpaired) electrons. The first kappa shape index (κ1) is 25.2.